The van der Waals surface area contributed by atoms with E-state index in [4.69, 9.17) is 0 Å². The van der Waals surface area contributed by atoms with Crippen molar-refractivity contribution in [2.24, 2.45) is 0 Å². The Morgan fingerprint density at radius 1 is 0.800 bits per heavy atom. The van der Waals surface area contributed by atoms with Gasteiger partial charge in [0.15, 0.2) is 0 Å². The van der Waals surface area contributed by atoms with Crippen molar-refractivity contribution in [1.29, 1.82) is 0 Å². The Balaban J connectivity index is 0.000000751. The van der Waals surface area contributed by atoms with Gasteiger partial charge in [-0.15, -0.1) is 6.42 Å². The van der Waals surface area contributed by atoms with Gasteiger partial charge in [-0.3, -0.25) is 6.08 Å². The van der Waals surface area contributed by atoms with E-state index in [1.807, 2.05) is 0 Å². The van der Waals surface area contributed by atoms with E-state index in [2.05, 4.69) is 78.9 Å². The monoisotopic (exact) mass is 439 g/mol. The van der Waals surface area contributed by atoms with E-state index in [1.54, 1.807) is 0 Å². The van der Waals surface area contributed by atoms with Gasteiger partial charge >= 0.3 is 26.2 Å². The first-order chi connectivity index (χ1) is 10.9. The van der Waals surface area contributed by atoms with Crippen molar-refractivity contribution >= 4 is 10.8 Å². The molecule has 3 aromatic carbocycles. The summed E-state index contributed by atoms with van der Waals surface area (Å²) in [5.74, 6) is 0.342. The van der Waals surface area contributed by atoms with E-state index in [0.717, 1.165) is 6.42 Å². The van der Waals surface area contributed by atoms with E-state index >= 15 is 0 Å². The predicted molar refractivity (Wildman–Crippen MR) is 91.7 cm³/mol. The first-order valence-electron chi connectivity index (χ1n) is 7.82. The standard InChI is InChI=1S/C22H15.2ClH.Zr/c1-2-9-16(8-1)21-18-11-5-6-12-19(18)22-17-10-4-3-7-15(17)13-14-20(21)22;;;/h1,3-8,10-14,21H,2H2;2*1H;/q-1;;;+3/p-2. The first kappa shape index (κ1) is 20.2. The summed E-state index contributed by atoms with van der Waals surface area (Å²) in [6.07, 6.45) is 8.92. The number of benzene rings is 3. The summed E-state index contributed by atoms with van der Waals surface area (Å²) in [7, 11) is 0. The summed E-state index contributed by atoms with van der Waals surface area (Å²) >= 11 is 0. The molecular weight excluding hydrogens is 426 g/mol. The third kappa shape index (κ3) is 3.08. The zero-order valence-corrected chi connectivity index (χ0v) is 17.4. The molecule has 1 atom stereocenters. The second-order valence-electron chi connectivity index (χ2n) is 6.01. The van der Waals surface area contributed by atoms with Gasteiger partial charge in [-0.25, -0.2) is 11.6 Å². The molecule has 2 aliphatic carbocycles. The molecule has 1 radical (unpaired) electrons. The van der Waals surface area contributed by atoms with Gasteiger partial charge in [0.25, 0.3) is 0 Å². The van der Waals surface area contributed by atoms with Crippen LogP contribution in [0.4, 0.5) is 0 Å². The molecule has 0 N–H and O–H groups in total. The quantitative estimate of drug-likeness (QED) is 0.453. The van der Waals surface area contributed by atoms with E-state index in [1.165, 1.54) is 38.6 Å². The van der Waals surface area contributed by atoms with Gasteiger partial charge < -0.3 is 24.8 Å². The molecule has 0 saturated heterocycles. The molecule has 0 aromatic heterocycles. The minimum Gasteiger partial charge on any atom is -1.00 e. The third-order valence-corrected chi connectivity index (χ3v) is 4.85. The zero-order valence-electron chi connectivity index (χ0n) is 13.5. The third-order valence-electron chi connectivity index (χ3n) is 4.85. The van der Waals surface area contributed by atoms with Crippen LogP contribution < -0.4 is 24.8 Å². The topological polar surface area (TPSA) is 0 Å². The average Bonchev–Trinajstić information content (AvgIpc) is 3.20. The molecule has 0 heterocycles. The Labute approximate surface area is 180 Å². The Hall–Kier alpha value is -1.14. The van der Waals surface area contributed by atoms with Crippen LogP contribution in [0, 0.1) is 6.08 Å². The first-order valence-corrected chi connectivity index (χ1v) is 7.82. The molecule has 0 fully saturated rings. The van der Waals surface area contributed by atoms with Crippen molar-refractivity contribution in [3.63, 3.8) is 0 Å². The van der Waals surface area contributed by atoms with E-state index < -0.39 is 0 Å². The van der Waals surface area contributed by atoms with E-state index in [9.17, 15) is 0 Å². The second-order valence-corrected chi connectivity index (χ2v) is 6.01. The maximum absolute atomic E-state index is 3.53. The Kier molecular flexibility index (Phi) is 6.49. The van der Waals surface area contributed by atoms with Crippen molar-refractivity contribution < 1.29 is 51.0 Å². The van der Waals surface area contributed by atoms with Gasteiger partial charge in [0, 0.05) is 5.92 Å². The minimum atomic E-state index is 0. The number of allylic oxidation sites excluding steroid dienone is 4. The van der Waals surface area contributed by atoms with Crippen LogP contribution in [-0.2, 0) is 26.2 Å². The van der Waals surface area contributed by atoms with Gasteiger partial charge in [-0.2, -0.15) is 6.08 Å². The molecule has 5 rings (SSSR count). The van der Waals surface area contributed by atoms with E-state index in [0.29, 0.717) is 5.92 Å². The van der Waals surface area contributed by atoms with Crippen molar-refractivity contribution in [3.05, 3.63) is 95.6 Å². The fourth-order valence-corrected chi connectivity index (χ4v) is 3.93. The van der Waals surface area contributed by atoms with Crippen molar-refractivity contribution in [1.82, 2.24) is 0 Å². The SMILES string of the molecule is [C-]1=C(C2c3ccccc3-c3c2ccc2ccccc32)C=CC1.[Cl-].[Cl-].[Zr+3]. The summed E-state index contributed by atoms with van der Waals surface area (Å²) in [6, 6.07) is 22.1. The van der Waals surface area contributed by atoms with Crippen LogP contribution in [0.25, 0.3) is 21.9 Å². The van der Waals surface area contributed by atoms with Crippen LogP contribution in [-0.4, -0.2) is 0 Å². The summed E-state index contributed by atoms with van der Waals surface area (Å²) in [6.45, 7) is 0. The van der Waals surface area contributed by atoms with Crippen LogP contribution >= 0.6 is 0 Å². The molecule has 2 aliphatic rings. The van der Waals surface area contributed by atoms with Crippen molar-refractivity contribution in [2.45, 2.75) is 12.3 Å². The molecule has 0 spiro atoms. The van der Waals surface area contributed by atoms with Gasteiger partial charge in [-0.1, -0.05) is 60.7 Å². The number of halogens is 2. The fraction of sp³-hybridized carbons (Fsp3) is 0.0909. The second kappa shape index (κ2) is 8.04. The zero-order chi connectivity index (χ0) is 14.5. The number of fused-ring (bicyclic) bond motifs is 5. The molecule has 0 nitrogen and oxygen atoms in total. The Morgan fingerprint density at radius 2 is 1.56 bits per heavy atom. The smallest absolute Gasteiger partial charge is 1.00 e. The number of hydrogen-bond acceptors (Lipinski definition) is 0. The summed E-state index contributed by atoms with van der Waals surface area (Å²) < 4.78 is 0. The minimum absolute atomic E-state index is 0. The molecule has 25 heavy (non-hydrogen) atoms. The predicted octanol–water partition coefficient (Wildman–Crippen LogP) is -0.353. The van der Waals surface area contributed by atoms with Crippen LogP contribution in [0.5, 0.6) is 0 Å². The molecular formula is C22H15Cl2Zr. The fourth-order valence-electron chi connectivity index (χ4n) is 3.93. The van der Waals surface area contributed by atoms with Crippen LogP contribution in [0.2, 0.25) is 0 Å². The van der Waals surface area contributed by atoms with Gasteiger partial charge in [0.2, 0.25) is 0 Å². The summed E-state index contributed by atoms with van der Waals surface area (Å²) in [5, 5.41) is 2.68. The Bertz CT molecular complexity index is 973. The maximum atomic E-state index is 3.53. The molecule has 0 aliphatic heterocycles. The average molecular weight is 441 g/mol. The van der Waals surface area contributed by atoms with Gasteiger partial charge in [0.1, 0.15) is 0 Å². The number of rotatable bonds is 1. The van der Waals surface area contributed by atoms with Gasteiger partial charge in [-0.05, 0) is 33.0 Å². The molecule has 1 unspecified atom stereocenters. The normalized spacial score (nSPS) is 16.2. The van der Waals surface area contributed by atoms with Gasteiger partial charge in [0.05, 0.1) is 0 Å². The molecule has 0 saturated carbocycles. The molecule has 3 heteroatoms. The van der Waals surface area contributed by atoms with Crippen LogP contribution in [0.3, 0.4) is 0 Å². The Morgan fingerprint density at radius 3 is 2.36 bits per heavy atom. The number of hydrogen-bond donors (Lipinski definition) is 0. The molecule has 121 valence electrons. The van der Waals surface area contributed by atoms with Crippen molar-refractivity contribution in [3.8, 4) is 11.1 Å². The van der Waals surface area contributed by atoms with Crippen molar-refractivity contribution in [2.75, 3.05) is 0 Å². The summed E-state index contributed by atoms with van der Waals surface area (Å²) in [5.41, 5.74) is 6.96. The van der Waals surface area contributed by atoms with Crippen LogP contribution in [0.1, 0.15) is 23.5 Å². The summed E-state index contributed by atoms with van der Waals surface area (Å²) in [4.78, 5) is 0. The van der Waals surface area contributed by atoms with Crippen LogP contribution in [0.15, 0.2) is 78.4 Å². The molecule has 0 bridgehead atoms. The van der Waals surface area contributed by atoms with E-state index in [-0.39, 0.29) is 51.0 Å². The molecule has 3 aromatic rings. The molecule has 0 amide bonds. The maximum Gasteiger partial charge on any atom is 3.00 e. The largest absolute Gasteiger partial charge is 3.00 e.